The van der Waals surface area contributed by atoms with Crippen LogP contribution in [0.25, 0.3) is 0 Å². The zero-order chi connectivity index (χ0) is 21.3. The lowest BCUT2D eigenvalue weighted by atomic mass is 10.3. The van der Waals surface area contributed by atoms with Crippen molar-refractivity contribution >= 4 is 35.2 Å². The topological polar surface area (TPSA) is 89.8 Å². The van der Waals surface area contributed by atoms with Crippen LogP contribution < -0.4 is 20.3 Å². The number of carbonyl (C=O) groups is 2. The molecule has 3 aromatic rings. The highest BCUT2D eigenvalue weighted by Crippen LogP contribution is 2.26. The molecule has 0 saturated heterocycles. The van der Waals surface area contributed by atoms with Crippen molar-refractivity contribution in [2.45, 2.75) is 11.5 Å². The van der Waals surface area contributed by atoms with Crippen molar-refractivity contribution in [3.05, 3.63) is 77.2 Å². The first-order valence-electron chi connectivity index (χ1n) is 8.87. The van der Waals surface area contributed by atoms with Gasteiger partial charge in [0.05, 0.1) is 12.9 Å². The van der Waals surface area contributed by atoms with Gasteiger partial charge in [0.25, 0.3) is 0 Å². The van der Waals surface area contributed by atoms with Crippen LogP contribution in [0.4, 0.5) is 0 Å². The molecule has 0 radical (unpaired) electrons. The fourth-order valence-electron chi connectivity index (χ4n) is 2.37. The lowest BCUT2D eigenvalue weighted by Crippen LogP contribution is -2.42. The first-order chi connectivity index (χ1) is 14.5. The Morgan fingerprint density at radius 1 is 1.00 bits per heavy atom. The van der Waals surface area contributed by atoms with Gasteiger partial charge in [-0.3, -0.25) is 20.4 Å². The van der Waals surface area contributed by atoms with Crippen LogP contribution in [0.2, 0.25) is 5.02 Å². The van der Waals surface area contributed by atoms with Gasteiger partial charge in [-0.05, 0) is 48.5 Å². The number of hydrazine groups is 1. The minimum atomic E-state index is -0.566. The molecule has 3 rings (SSSR count). The van der Waals surface area contributed by atoms with Crippen molar-refractivity contribution in [3.63, 3.8) is 0 Å². The Kier molecular flexibility index (Phi) is 7.64. The lowest BCUT2D eigenvalue weighted by molar-refractivity contribution is -0.119. The third-order valence-electron chi connectivity index (χ3n) is 3.82. The Morgan fingerprint density at radius 2 is 1.73 bits per heavy atom. The van der Waals surface area contributed by atoms with Crippen LogP contribution in [0.3, 0.4) is 0 Å². The number of rotatable bonds is 8. The Bertz CT molecular complexity index is 1010. The van der Waals surface area contributed by atoms with Crippen molar-refractivity contribution in [2.24, 2.45) is 0 Å². The molecule has 0 bridgehead atoms. The molecule has 0 aliphatic rings. The summed E-state index contributed by atoms with van der Waals surface area (Å²) in [6, 6.07) is 17.5. The predicted molar refractivity (Wildman–Crippen MR) is 114 cm³/mol. The number of amides is 2. The highest BCUT2D eigenvalue weighted by Gasteiger charge is 2.13. The van der Waals surface area contributed by atoms with Crippen molar-refractivity contribution in [1.29, 1.82) is 0 Å². The number of halogens is 1. The number of benzene rings is 2. The quantitative estimate of drug-likeness (QED) is 0.400. The number of thioether (sulfide) groups is 1. The smallest absolute Gasteiger partial charge is 0.305 e. The number of nitrogens with one attached hydrogen (secondary N) is 2. The number of carbonyl (C=O) groups excluding carboxylic acids is 2. The van der Waals surface area contributed by atoms with Gasteiger partial charge in [0.15, 0.2) is 17.3 Å². The van der Waals surface area contributed by atoms with E-state index in [9.17, 15) is 9.59 Å². The molecule has 1 heterocycles. The number of hydrogen-bond donors (Lipinski definition) is 2. The first kappa shape index (κ1) is 21.6. The van der Waals surface area contributed by atoms with Crippen LogP contribution >= 0.6 is 23.4 Å². The van der Waals surface area contributed by atoms with E-state index in [0.29, 0.717) is 22.3 Å². The van der Waals surface area contributed by atoms with Gasteiger partial charge >= 0.3 is 5.91 Å². The van der Waals surface area contributed by atoms with Gasteiger partial charge in [0.1, 0.15) is 12.4 Å². The van der Waals surface area contributed by atoms with Gasteiger partial charge in [0, 0.05) is 9.92 Å². The Balaban J connectivity index is 1.44. The molecule has 0 atom stereocenters. The van der Waals surface area contributed by atoms with Crippen LogP contribution in [-0.4, -0.2) is 24.7 Å². The van der Waals surface area contributed by atoms with Crippen LogP contribution in [0.5, 0.6) is 11.5 Å². The molecule has 0 aliphatic carbocycles. The number of furan rings is 1. The van der Waals surface area contributed by atoms with Crippen molar-refractivity contribution in [2.75, 3.05) is 12.9 Å². The summed E-state index contributed by atoms with van der Waals surface area (Å²) >= 11 is 7.15. The number of para-hydroxylation sites is 2. The Hall–Kier alpha value is -3.10. The maximum atomic E-state index is 12.1. The van der Waals surface area contributed by atoms with E-state index in [1.807, 2.05) is 24.3 Å². The molecule has 2 aromatic carbocycles. The second kappa shape index (κ2) is 10.6. The molecule has 30 heavy (non-hydrogen) atoms. The summed E-state index contributed by atoms with van der Waals surface area (Å²) in [7, 11) is 1.56. The molecular weight excluding hydrogens is 428 g/mol. The molecule has 0 fully saturated rings. The van der Waals surface area contributed by atoms with Gasteiger partial charge in [-0.1, -0.05) is 23.7 Å². The molecule has 9 heteroatoms. The summed E-state index contributed by atoms with van der Waals surface area (Å²) in [6.45, 7) is 0.123. The molecule has 0 aliphatic heterocycles. The van der Waals surface area contributed by atoms with E-state index in [2.05, 4.69) is 10.9 Å². The van der Waals surface area contributed by atoms with E-state index in [1.54, 1.807) is 37.4 Å². The largest absolute Gasteiger partial charge is 0.493 e. The summed E-state index contributed by atoms with van der Waals surface area (Å²) in [4.78, 5) is 25.0. The zero-order valence-electron chi connectivity index (χ0n) is 16.0. The van der Waals surface area contributed by atoms with Crippen molar-refractivity contribution in [3.8, 4) is 11.5 Å². The van der Waals surface area contributed by atoms with E-state index >= 15 is 0 Å². The summed E-state index contributed by atoms with van der Waals surface area (Å²) in [5, 5.41) is 0.627. The molecule has 1 aromatic heterocycles. The number of ether oxygens (including phenoxy) is 2. The molecule has 156 valence electrons. The lowest BCUT2D eigenvalue weighted by Gasteiger charge is -2.09. The van der Waals surface area contributed by atoms with Crippen LogP contribution in [0.1, 0.15) is 16.3 Å². The van der Waals surface area contributed by atoms with Crippen LogP contribution in [0, 0.1) is 0 Å². The zero-order valence-corrected chi connectivity index (χ0v) is 17.6. The molecular formula is C21H19ClN2O5S. The average molecular weight is 447 g/mol. The second-order valence-electron chi connectivity index (χ2n) is 5.95. The summed E-state index contributed by atoms with van der Waals surface area (Å²) < 4.78 is 16.3. The van der Waals surface area contributed by atoms with E-state index in [0.717, 1.165) is 4.90 Å². The molecule has 2 N–H and O–H groups in total. The van der Waals surface area contributed by atoms with E-state index in [-0.39, 0.29) is 24.0 Å². The highest BCUT2D eigenvalue weighted by atomic mass is 35.5. The van der Waals surface area contributed by atoms with Crippen molar-refractivity contribution in [1.82, 2.24) is 10.9 Å². The molecule has 0 unspecified atom stereocenters. The predicted octanol–water partition coefficient (Wildman–Crippen LogP) is 4.07. The fourth-order valence-corrected chi connectivity index (χ4v) is 3.19. The van der Waals surface area contributed by atoms with E-state index < -0.39 is 5.91 Å². The van der Waals surface area contributed by atoms with Crippen LogP contribution in [-0.2, 0) is 11.4 Å². The molecule has 2 amide bonds. The molecule has 7 nitrogen and oxygen atoms in total. The van der Waals surface area contributed by atoms with Gasteiger partial charge in [-0.25, -0.2) is 0 Å². The van der Waals surface area contributed by atoms with E-state index in [4.69, 9.17) is 25.5 Å². The van der Waals surface area contributed by atoms with Gasteiger partial charge in [-0.15, -0.1) is 11.8 Å². The number of hydrogen-bond acceptors (Lipinski definition) is 6. The Morgan fingerprint density at radius 3 is 2.47 bits per heavy atom. The standard InChI is InChI=1S/C21H19ClN2O5S/c1-27-17-4-2-3-5-18(17)28-12-15-8-11-19(29-15)21(26)24-23-20(25)13-30-16-9-6-14(22)7-10-16/h2-11H,12-13H2,1H3,(H,23,25)(H,24,26). The molecule has 0 spiro atoms. The highest BCUT2D eigenvalue weighted by molar-refractivity contribution is 8.00. The summed E-state index contributed by atoms with van der Waals surface area (Å²) in [5.41, 5.74) is 4.67. The number of methoxy groups -OCH3 is 1. The van der Waals surface area contributed by atoms with Gasteiger partial charge in [0.2, 0.25) is 5.91 Å². The minimum Gasteiger partial charge on any atom is -0.493 e. The summed E-state index contributed by atoms with van der Waals surface area (Å²) in [5.74, 6) is 0.889. The minimum absolute atomic E-state index is 0.0549. The maximum Gasteiger partial charge on any atom is 0.305 e. The second-order valence-corrected chi connectivity index (χ2v) is 7.44. The first-order valence-corrected chi connectivity index (χ1v) is 10.2. The van der Waals surface area contributed by atoms with Crippen LogP contribution in [0.15, 0.2) is 70.0 Å². The van der Waals surface area contributed by atoms with Gasteiger partial charge in [-0.2, -0.15) is 0 Å². The van der Waals surface area contributed by atoms with Gasteiger partial charge < -0.3 is 13.9 Å². The van der Waals surface area contributed by atoms with E-state index in [1.165, 1.54) is 17.8 Å². The monoisotopic (exact) mass is 446 g/mol. The third-order valence-corrected chi connectivity index (χ3v) is 5.09. The normalized spacial score (nSPS) is 10.3. The fraction of sp³-hybridized carbons (Fsp3) is 0.143. The SMILES string of the molecule is COc1ccccc1OCc1ccc(C(=O)NNC(=O)CSc2ccc(Cl)cc2)o1. The van der Waals surface area contributed by atoms with Crippen molar-refractivity contribution < 1.29 is 23.5 Å². The average Bonchev–Trinajstić information content (AvgIpc) is 3.25. The molecule has 0 saturated carbocycles. The maximum absolute atomic E-state index is 12.1. The third kappa shape index (κ3) is 6.20. The Labute approximate surface area is 182 Å². The summed E-state index contributed by atoms with van der Waals surface area (Å²) in [6.07, 6.45) is 0.